The molecule has 2 aromatic rings. The highest BCUT2D eigenvalue weighted by Crippen LogP contribution is 2.19. The molecule has 0 bridgehead atoms. The van der Waals surface area contributed by atoms with Crippen LogP contribution in [0.3, 0.4) is 0 Å². The molecule has 0 amide bonds. The lowest BCUT2D eigenvalue weighted by molar-refractivity contribution is 1.16. The monoisotopic (exact) mass is 182 g/mol. The number of nitriles is 1. The molecule has 4 heteroatoms. The quantitative estimate of drug-likeness (QED) is 0.668. The first-order chi connectivity index (χ1) is 6.92. The van der Waals surface area contributed by atoms with Crippen molar-refractivity contribution >= 4 is 0 Å². The maximum Gasteiger partial charge on any atom is 0.115 e. The Kier molecular flexibility index (Phi) is 2.15. The number of nitrogens with zero attached hydrogens (tertiary/aromatic N) is 4. The van der Waals surface area contributed by atoms with Crippen LogP contribution in [-0.4, -0.2) is 15.0 Å². The molecule has 0 saturated carbocycles. The summed E-state index contributed by atoms with van der Waals surface area (Å²) in [5.74, 6) is 0. The van der Waals surface area contributed by atoms with Crippen molar-refractivity contribution < 1.29 is 0 Å². The maximum atomic E-state index is 8.86. The molecule has 0 spiro atoms. The van der Waals surface area contributed by atoms with Crippen LogP contribution in [0.5, 0.6) is 0 Å². The van der Waals surface area contributed by atoms with Crippen LogP contribution in [0.2, 0.25) is 0 Å². The van der Waals surface area contributed by atoms with Crippen molar-refractivity contribution in [2.75, 3.05) is 0 Å². The van der Waals surface area contributed by atoms with Crippen molar-refractivity contribution in [3.8, 4) is 17.2 Å². The number of hydrogen-bond donors (Lipinski definition) is 0. The van der Waals surface area contributed by atoms with E-state index in [1.165, 1.54) is 6.33 Å². The van der Waals surface area contributed by atoms with Gasteiger partial charge < -0.3 is 0 Å². The Morgan fingerprint density at radius 1 is 1.07 bits per heavy atom. The van der Waals surface area contributed by atoms with Crippen molar-refractivity contribution in [1.29, 1.82) is 5.26 Å². The molecular weight excluding hydrogens is 176 g/mol. The van der Waals surface area contributed by atoms with Crippen LogP contribution < -0.4 is 0 Å². The fraction of sp³-hybridized carbons (Fsp3) is 0. The topological polar surface area (TPSA) is 62.5 Å². The average molecular weight is 182 g/mol. The van der Waals surface area contributed by atoms with Crippen molar-refractivity contribution in [3.05, 3.63) is 42.7 Å². The first kappa shape index (κ1) is 8.32. The van der Waals surface area contributed by atoms with Crippen molar-refractivity contribution in [2.24, 2.45) is 0 Å². The number of hydrogen-bond acceptors (Lipinski definition) is 4. The van der Waals surface area contributed by atoms with Gasteiger partial charge in [-0.2, -0.15) is 5.26 Å². The van der Waals surface area contributed by atoms with E-state index in [0.717, 1.165) is 11.1 Å². The largest absolute Gasteiger partial charge is 0.264 e. The van der Waals surface area contributed by atoms with Gasteiger partial charge in [-0.05, 0) is 6.07 Å². The third-order valence-electron chi connectivity index (χ3n) is 1.81. The van der Waals surface area contributed by atoms with Crippen LogP contribution in [0.25, 0.3) is 11.1 Å². The van der Waals surface area contributed by atoms with Gasteiger partial charge in [0, 0.05) is 35.9 Å². The van der Waals surface area contributed by atoms with Crippen LogP contribution >= 0.6 is 0 Å². The van der Waals surface area contributed by atoms with Crippen molar-refractivity contribution in [1.82, 2.24) is 15.0 Å². The Labute approximate surface area is 80.9 Å². The summed E-state index contributed by atoms with van der Waals surface area (Å²) in [6, 6.07) is 3.77. The van der Waals surface area contributed by atoms with E-state index in [1.807, 2.05) is 0 Å². The second-order valence-electron chi connectivity index (χ2n) is 2.66. The molecule has 2 rings (SSSR count). The van der Waals surface area contributed by atoms with Crippen LogP contribution in [0.15, 0.2) is 37.2 Å². The van der Waals surface area contributed by atoms with E-state index >= 15 is 0 Å². The Hall–Kier alpha value is -2.28. The van der Waals surface area contributed by atoms with Crippen molar-refractivity contribution in [3.63, 3.8) is 0 Å². The molecule has 2 aromatic heterocycles. The predicted molar refractivity (Wildman–Crippen MR) is 50.0 cm³/mol. The third kappa shape index (κ3) is 1.43. The molecule has 66 valence electrons. The Morgan fingerprint density at radius 3 is 2.57 bits per heavy atom. The Morgan fingerprint density at radius 2 is 1.86 bits per heavy atom. The molecule has 0 N–H and O–H groups in total. The molecule has 0 atom stereocenters. The zero-order valence-corrected chi connectivity index (χ0v) is 7.25. The highest BCUT2D eigenvalue weighted by atomic mass is 14.8. The second-order valence-corrected chi connectivity index (χ2v) is 2.66. The molecule has 0 aliphatic rings. The minimum Gasteiger partial charge on any atom is -0.264 e. The molecule has 0 aliphatic carbocycles. The van der Waals surface area contributed by atoms with Gasteiger partial charge in [0.1, 0.15) is 6.33 Å². The molecule has 0 aliphatic heterocycles. The highest BCUT2D eigenvalue weighted by molar-refractivity contribution is 5.67. The fourth-order valence-corrected chi connectivity index (χ4v) is 1.16. The van der Waals surface area contributed by atoms with Gasteiger partial charge >= 0.3 is 0 Å². The van der Waals surface area contributed by atoms with E-state index in [2.05, 4.69) is 21.0 Å². The Bertz CT molecular complexity index is 473. The van der Waals surface area contributed by atoms with E-state index in [0.29, 0.717) is 5.56 Å². The molecule has 0 aromatic carbocycles. The van der Waals surface area contributed by atoms with Gasteiger partial charge in [0.2, 0.25) is 0 Å². The summed E-state index contributed by atoms with van der Waals surface area (Å²) in [6.45, 7) is 0. The van der Waals surface area contributed by atoms with E-state index in [9.17, 15) is 0 Å². The van der Waals surface area contributed by atoms with Gasteiger partial charge in [-0.3, -0.25) is 4.98 Å². The van der Waals surface area contributed by atoms with Crippen molar-refractivity contribution in [2.45, 2.75) is 0 Å². The van der Waals surface area contributed by atoms with E-state index in [4.69, 9.17) is 5.26 Å². The van der Waals surface area contributed by atoms with Crippen LogP contribution in [-0.2, 0) is 0 Å². The first-order valence-electron chi connectivity index (χ1n) is 4.01. The molecular formula is C10H6N4. The van der Waals surface area contributed by atoms with Crippen LogP contribution in [0.4, 0.5) is 0 Å². The predicted octanol–water partition coefficient (Wildman–Crippen LogP) is 1.41. The summed E-state index contributed by atoms with van der Waals surface area (Å²) in [4.78, 5) is 11.7. The lowest BCUT2D eigenvalue weighted by atomic mass is 10.1. The molecule has 4 nitrogen and oxygen atoms in total. The van der Waals surface area contributed by atoms with Crippen LogP contribution in [0.1, 0.15) is 5.56 Å². The summed E-state index contributed by atoms with van der Waals surface area (Å²) in [5, 5.41) is 8.86. The van der Waals surface area contributed by atoms with E-state index in [-0.39, 0.29) is 0 Å². The van der Waals surface area contributed by atoms with E-state index < -0.39 is 0 Å². The summed E-state index contributed by atoms with van der Waals surface area (Å²) < 4.78 is 0. The number of rotatable bonds is 1. The lowest BCUT2D eigenvalue weighted by Crippen LogP contribution is -1.87. The Balaban J connectivity index is 2.58. The molecule has 14 heavy (non-hydrogen) atoms. The first-order valence-corrected chi connectivity index (χ1v) is 4.01. The lowest BCUT2D eigenvalue weighted by Gasteiger charge is -2.00. The van der Waals surface area contributed by atoms with Gasteiger partial charge in [0.05, 0.1) is 11.6 Å². The van der Waals surface area contributed by atoms with E-state index in [1.54, 1.807) is 30.9 Å². The van der Waals surface area contributed by atoms with Gasteiger partial charge in [-0.25, -0.2) is 9.97 Å². The molecule has 0 saturated heterocycles. The summed E-state index contributed by atoms with van der Waals surface area (Å²) in [6.07, 6.45) is 7.99. The van der Waals surface area contributed by atoms with Gasteiger partial charge in [0.25, 0.3) is 0 Å². The highest BCUT2D eigenvalue weighted by Gasteiger charge is 2.03. The van der Waals surface area contributed by atoms with Crippen LogP contribution in [0, 0.1) is 11.3 Å². The standard InChI is InChI=1S/C10H6N4/c11-3-8-1-2-12-6-10(8)9-4-13-7-14-5-9/h1-2,4-7H. The summed E-state index contributed by atoms with van der Waals surface area (Å²) in [5.41, 5.74) is 2.14. The zero-order valence-electron chi connectivity index (χ0n) is 7.25. The summed E-state index contributed by atoms with van der Waals surface area (Å²) >= 11 is 0. The molecule has 0 radical (unpaired) electrons. The molecule has 2 heterocycles. The second kappa shape index (κ2) is 3.62. The van der Waals surface area contributed by atoms with Gasteiger partial charge in [0.15, 0.2) is 0 Å². The maximum absolute atomic E-state index is 8.86. The SMILES string of the molecule is N#Cc1ccncc1-c1cncnc1. The minimum atomic E-state index is 0.579. The molecule has 0 unspecified atom stereocenters. The minimum absolute atomic E-state index is 0.579. The third-order valence-corrected chi connectivity index (χ3v) is 1.81. The summed E-state index contributed by atoms with van der Waals surface area (Å²) in [7, 11) is 0. The number of pyridine rings is 1. The van der Waals surface area contributed by atoms with Gasteiger partial charge in [-0.1, -0.05) is 0 Å². The average Bonchev–Trinajstić information content (AvgIpc) is 2.30. The number of aromatic nitrogens is 3. The zero-order chi connectivity index (χ0) is 9.80. The van der Waals surface area contributed by atoms with Gasteiger partial charge in [-0.15, -0.1) is 0 Å². The normalized spacial score (nSPS) is 9.36. The fourth-order valence-electron chi connectivity index (χ4n) is 1.16. The smallest absolute Gasteiger partial charge is 0.115 e. The molecule has 0 fully saturated rings.